The van der Waals surface area contributed by atoms with Gasteiger partial charge < -0.3 is 5.32 Å². The van der Waals surface area contributed by atoms with Crippen molar-refractivity contribution in [3.8, 4) is 0 Å². The first kappa shape index (κ1) is 14.4. The molecule has 0 aliphatic heterocycles. The van der Waals surface area contributed by atoms with Crippen LogP contribution in [0.4, 0.5) is 5.69 Å². The monoisotopic (exact) mass is 281 g/mol. The molecule has 1 aromatic rings. The first-order valence-corrected chi connectivity index (χ1v) is 8.99. The average Bonchev–Trinajstić information content (AvgIpc) is 2.39. The minimum atomic E-state index is -2.90. The fourth-order valence-corrected chi connectivity index (χ4v) is 3.91. The Bertz CT molecular complexity index is 507. The summed E-state index contributed by atoms with van der Waals surface area (Å²) < 4.78 is 23.3. The van der Waals surface area contributed by atoms with Gasteiger partial charge in [-0.2, -0.15) is 0 Å². The van der Waals surface area contributed by atoms with Gasteiger partial charge in [-0.3, -0.25) is 0 Å². The second-order valence-electron chi connectivity index (χ2n) is 5.51. The van der Waals surface area contributed by atoms with E-state index in [1.807, 2.05) is 0 Å². The highest BCUT2D eigenvalue weighted by molar-refractivity contribution is 7.91. The number of benzene rings is 1. The van der Waals surface area contributed by atoms with Crippen LogP contribution in [0.2, 0.25) is 0 Å². The third kappa shape index (κ3) is 3.96. The van der Waals surface area contributed by atoms with Crippen LogP contribution in [0.3, 0.4) is 0 Å². The highest BCUT2D eigenvalue weighted by Crippen LogP contribution is 2.26. The molecule has 2 atom stereocenters. The molecular formula is C15H23NO2S. The summed E-state index contributed by atoms with van der Waals surface area (Å²) in [4.78, 5) is 0. The van der Waals surface area contributed by atoms with E-state index in [0.717, 1.165) is 37.8 Å². The van der Waals surface area contributed by atoms with Crippen molar-refractivity contribution < 1.29 is 8.42 Å². The number of anilines is 1. The molecule has 0 amide bonds. The van der Waals surface area contributed by atoms with Crippen molar-refractivity contribution in [1.29, 1.82) is 0 Å². The third-order valence-electron chi connectivity index (χ3n) is 3.96. The fourth-order valence-electron chi connectivity index (χ4n) is 2.74. The van der Waals surface area contributed by atoms with Gasteiger partial charge in [-0.15, -0.1) is 0 Å². The zero-order chi connectivity index (χ0) is 13.9. The van der Waals surface area contributed by atoms with Crippen LogP contribution in [0.1, 0.15) is 38.2 Å². The molecule has 3 nitrogen and oxygen atoms in total. The lowest BCUT2D eigenvalue weighted by Crippen LogP contribution is -2.34. The highest BCUT2D eigenvalue weighted by Gasteiger charge is 2.28. The van der Waals surface area contributed by atoms with Gasteiger partial charge in [0.25, 0.3) is 0 Å². The van der Waals surface area contributed by atoms with Crippen LogP contribution in [0.15, 0.2) is 24.3 Å². The van der Waals surface area contributed by atoms with E-state index in [-0.39, 0.29) is 11.3 Å². The van der Waals surface area contributed by atoms with E-state index in [9.17, 15) is 8.42 Å². The van der Waals surface area contributed by atoms with Crippen LogP contribution < -0.4 is 5.32 Å². The number of hydrogen-bond donors (Lipinski definition) is 1. The summed E-state index contributed by atoms with van der Waals surface area (Å²) in [6.45, 7) is 2.14. The predicted octanol–water partition coefficient (Wildman–Crippen LogP) is 3.02. The Morgan fingerprint density at radius 2 is 1.89 bits per heavy atom. The van der Waals surface area contributed by atoms with Crippen molar-refractivity contribution in [2.45, 2.75) is 50.3 Å². The molecule has 0 saturated heterocycles. The summed E-state index contributed by atoms with van der Waals surface area (Å²) in [5, 5.41) is 3.30. The number of hydrogen-bond acceptors (Lipinski definition) is 3. The van der Waals surface area contributed by atoms with Crippen LogP contribution in [0.25, 0.3) is 0 Å². The Hall–Kier alpha value is -1.03. The van der Waals surface area contributed by atoms with Crippen LogP contribution in [-0.4, -0.2) is 26.0 Å². The summed E-state index contributed by atoms with van der Waals surface area (Å²) in [7, 11) is -2.90. The minimum Gasteiger partial charge on any atom is -0.382 e. The smallest absolute Gasteiger partial charge is 0.150 e. The van der Waals surface area contributed by atoms with Gasteiger partial charge in [-0.05, 0) is 43.4 Å². The zero-order valence-corrected chi connectivity index (χ0v) is 12.5. The van der Waals surface area contributed by atoms with E-state index in [4.69, 9.17) is 0 Å². The number of rotatable bonds is 4. The molecule has 1 aliphatic rings. The van der Waals surface area contributed by atoms with Crippen molar-refractivity contribution in [1.82, 2.24) is 0 Å². The molecule has 19 heavy (non-hydrogen) atoms. The van der Waals surface area contributed by atoms with Crippen molar-refractivity contribution in [2.24, 2.45) is 0 Å². The van der Waals surface area contributed by atoms with Crippen LogP contribution in [0, 0.1) is 0 Å². The Morgan fingerprint density at radius 1 is 1.21 bits per heavy atom. The largest absolute Gasteiger partial charge is 0.382 e. The molecule has 2 rings (SSSR count). The summed E-state index contributed by atoms with van der Waals surface area (Å²) in [6.07, 6.45) is 5.99. The first-order valence-electron chi connectivity index (χ1n) is 7.03. The van der Waals surface area contributed by atoms with Crippen molar-refractivity contribution in [3.63, 3.8) is 0 Å². The Kier molecular flexibility index (Phi) is 4.50. The molecule has 2 unspecified atom stereocenters. The molecular weight excluding hydrogens is 258 g/mol. The molecule has 106 valence electrons. The van der Waals surface area contributed by atoms with E-state index in [2.05, 4.69) is 36.5 Å². The van der Waals surface area contributed by atoms with E-state index in [1.54, 1.807) is 0 Å². The maximum absolute atomic E-state index is 11.6. The molecule has 1 fully saturated rings. The van der Waals surface area contributed by atoms with Gasteiger partial charge in [0.1, 0.15) is 9.84 Å². The minimum absolute atomic E-state index is 0.173. The number of nitrogens with one attached hydrogen (secondary N) is 1. The molecule has 0 spiro atoms. The maximum atomic E-state index is 11.6. The van der Waals surface area contributed by atoms with Gasteiger partial charge in [-0.1, -0.05) is 25.5 Å². The van der Waals surface area contributed by atoms with E-state index < -0.39 is 9.84 Å². The van der Waals surface area contributed by atoms with Crippen LogP contribution >= 0.6 is 0 Å². The Morgan fingerprint density at radius 3 is 2.47 bits per heavy atom. The summed E-state index contributed by atoms with van der Waals surface area (Å²) >= 11 is 0. The van der Waals surface area contributed by atoms with E-state index in [1.165, 1.54) is 11.8 Å². The molecule has 0 heterocycles. The topological polar surface area (TPSA) is 46.2 Å². The van der Waals surface area contributed by atoms with Gasteiger partial charge >= 0.3 is 0 Å². The summed E-state index contributed by atoms with van der Waals surface area (Å²) in [6, 6.07) is 8.70. The van der Waals surface area contributed by atoms with Gasteiger partial charge in [0.15, 0.2) is 0 Å². The fraction of sp³-hybridized carbons (Fsp3) is 0.600. The lowest BCUT2D eigenvalue weighted by atomic mass is 9.94. The zero-order valence-electron chi connectivity index (χ0n) is 11.7. The molecule has 0 bridgehead atoms. The normalized spacial score (nSPS) is 24.1. The Balaban J connectivity index is 1.98. The molecule has 1 aliphatic carbocycles. The average molecular weight is 281 g/mol. The lowest BCUT2D eigenvalue weighted by Gasteiger charge is -2.29. The van der Waals surface area contributed by atoms with Gasteiger partial charge in [0, 0.05) is 18.0 Å². The van der Waals surface area contributed by atoms with E-state index in [0.29, 0.717) is 0 Å². The highest BCUT2D eigenvalue weighted by atomic mass is 32.2. The van der Waals surface area contributed by atoms with Gasteiger partial charge in [-0.25, -0.2) is 8.42 Å². The van der Waals surface area contributed by atoms with E-state index >= 15 is 0 Å². The molecule has 1 aromatic carbocycles. The van der Waals surface area contributed by atoms with Crippen molar-refractivity contribution >= 4 is 15.5 Å². The summed E-state index contributed by atoms with van der Waals surface area (Å²) in [5.74, 6) is 0. The molecule has 0 aromatic heterocycles. The molecule has 4 heteroatoms. The van der Waals surface area contributed by atoms with Gasteiger partial charge in [0.2, 0.25) is 0 Å². The van der Waals surface area contributed by atoms with Crippen LogP contribution in [0.5, 0.6) is 0 Å². The molecule has 1 N–H and O–H groups in total. The SMILES string of the molecule is CCc1ccc(NC2CCCC(S(C)(=O)=O)C2)cc1. The third-order valence-corrected chi connectivity index (χ3v) is 5.60. The predicted molar refractivity (Wildman–Crippen MR) is 80.3 cm³/mol. The quantitative estimate of drug-likeness (QED) is 0.922. The van der Waals surface area contributed by atoms with Crippen molar-refractivity contribution in [3.05, 3.63) is 29.8 Å². The Labute approximate surface area is 116 Å². The van der Waals surface area contributed by atoms with Crippen LogP contribution in [-0.2, 0) is 16.3 Å². The second kappa shape index (κ2) is 5.95. The first-order chi connectivity index (χ1) is 8.99. The standard InChI is InChI=1S/C15H23NO2S/c1-3-12-7-9-13(10-8-12)16-14-5-4-6-15(11-14)19(2,17)18/h7-10,14-16H,3-6,11H2,1-2H3. The van der Waals surface area contributed by atoms with Crippen molar-refractivity contribution in [2.75, 3.05) is 11.6 Å². The maximum Gasteiger partial charge on any atom is 0.150 e. The lowest BCUT2D eigenvalue weighted by molar-refractivity contribution is 0.453. The number of sulfone groups is 1. The number of aryl methyl sites for hydroxylation is 1. The second-order valence-corrected chi connectivity index (χ2v) is 7.84. The van der Waals surface area contributed by atoms with Gasteiger partial charge in [0.05, 0.1) is 5.25 Å². The molecule has 0 radical (unpaired) electrons. The molecule has 1 saturated carbocycles. The summed E-state index contributed by atoms with van der Waals surface area (Å²) in [5.41, 5.74) is 2.42.